The van der Waals surface area contributed by atoms with E-state index in [0.29, 0.717) is 37.5 Å². The first-order valence-electron chi connectivity index (χ1n) is 6.60. The van der Waals surface area contributed by atoms with Gasteiger partial charge in [0.15, 0.2) is 0 Å². The Bertz CT molecular complexity index is 487. The summed E-state index contributed by atoms with van der Waals surface area (Å²) in [5.41, 5.74) is 0.401. The Morgan fingerprint density at radius 2 is 2.10 bits per heavy atom. The van der Waals surface area contributed by atoms with Crippen LogP contribution in [0.3, 0.4) is 0 Å². The zero-order valence-electron chi connectivity index (χ0n) is 11.4. The molecule has 1 aromatic carbocycles. The number of nitro groups is 1. The third-order valence-electron chi connectivity index (χ3n) is 3.21. The fourth-order valence-electron chi connectivity index (χ4n) is 2.13. The Balaban J connectivity index is 2.11. The zero-order chi connectivity index (χ0) is 14.6. The zero-order valence-corrected chi connectivity index (χ0v) is 11.4. The van der Waals surface area contributed by atoms with Crippen molar-refractivity contribution in [1.29, 1.82) is 0 Å². The predicted molar refractivity (Wildman–Crippen MR) is 76.1 cm³/mol. The molecule has 0 aromatic heterocycles. The second kappa shape index (κ2) is 6.06. The van der Waals surface area contributed by atoms with Gasteiger partial charge in [0.25, 0.3) is 5.69 Å². The molecule has 1 aromatic rings. The van der Waals surface area contributed by atoms with Gasteiger partial charge in [-0.15, -0.1) is 0 Å². The van der Waals surface area contributed by atoms with Crippen LogP contribution in [-0.4, -0.2) is 41.9 Å². The SMILES string of the molecule is CCNc1cc(NCC2(O)CCOC2)cc([N+](=O)[O-])c1. The molecule has 1 aliphatic heterocycles. The van der Waals surface area contributed by atoms with Crippen molar-refractivity contribution in [1.82, 2.24) is 0 Å². The summed E-state index contributed by atoms with van der Waals surface area (Å²) in [6.07, 6.45) is 0.564. The van der Waals surface area contributed by atoms with Crippen LogP contribution in [0.1, 0.15) is 13.3 Å². The van der Waals surface area contributed by atoms with E-state index in [1.165, 1.54) is 12.1 Å². The fraction of sp³-hybridized carbons (Fsp3) is 0.538. The van der Waals surface area contributed by atoms with Crippen LogP contribution >= 0.6 is 0 Å². The van der Waals surface area contributed by atoms with Crippen LogP contribution in [-0.2, 0) is 4.74 Å². The number of nitrogens with zero attached hydrogens (tertiary/aromatic N) is 1. The van der Waals surface area contributed by atoms with E-state index >= 15 is 0 Å². The number of hydrogen-bond acceptors (Lipinski definition) is 6. The number of non-ortho nitro benzene ring substituents is 1. The van der Waals surface area contributed by atoms with Crippen molar-refractivity contribution in [2.75, 3.05) is 36.9 Å². The van der Waals surface area contributed by atoms with Crippen molar-refractivity contribution >= 4 is 17.1 Å². The smallest absolute Gasteiger partial charge is 0.273 e. The van der Waals surface area contributed by atoms with Gasteiger partial charge in [0.2, 0.25) is 0 Å². The van der Waals surface area contributed by atoms with E-state index in [-0.39, 0.29) is 12.3 Å². The fourth-order valence-corrected chi connectivity index (χ4v) is 2.13. The molecule has 0 amide bonds. The summed E-state index contributed by atoms with van der Waals surface area (Å²) in [5, 5.41) is 27.2. The van der Waals surface area contributed by atoms with Crippen LogP contribution in [0.2, 0.25) is 0 Å². The van der Waals surface area contributed by atoms with Crippen molar-refractivity contribution in [3.63, 3.8) is 0 Å². The van der Waals surface area contributed by atoms with Crippen LogP contribution in [0.15, 0.2) is 18.2 Å². The first-order chi connectivity index (χ1) is 9.52. The van der Waals surface area contributed by atoms with Crippen molar-refractivity contribution in [2.24, 2.45) is 0 Å². The first kappa shape index (κ1) is 14.5. The molecule has 1 atom stereocenters. The average Bonchev–Trinajstić information content (AvgIpc) is 2.84. The monoisotopic (exact) mass is 281 g/mol. The van der Waals surface area contributed by atoms with Gasteiger partial charge in [-0.1, -0.05) is 0 Å². The summed E-state index contributed by atoms with van der Waals surface area (Å²) in [4.78, 5) is 10.5. The highest BCUT2D eigenvalue weighted by atomic mass is 16.6. The number of ether oxygens (including phenoxy) is 1. The Kier molecular flexibility index (Phi) is 4.41. The van der Waals surface area contributed by atoms with Gasteiger partial charge in [-0.3, -0.25) is 10.1 Å². The van der Waals surface area contributed by atoms with Gasteiger partial charge in [-0.25, -0.2) is 0 Å². The molecule has 1 saturated heterocycles. The minimum Gasteiger partial charge on any atom is -0.386 e. The Morgan fingerprint density at radius 3 is 2.65 bits per heavy atom. The molecule has 20 heavy (non-hydrogen) atoms. The van der Waals surface area contributed by atoms with E-state index in [1.807, 2.05) is 6.92 Å². The highest BCUT2D eigenvalue weighted by Gasteiger charge is 2.32. The Hall–Kier alpha value is -1.86. The van der Waals surface area contributed by atoms with Crippen molar-refractivity contribution < 1.29 is 14.8 Å². The summed E-state index contributed by atoms with van der Waals surface area (Å²) in [7, 11) is 0. The maximum atomic E-state index is 10.9. The molecule has 2 rings (SSSR count). The molecule has 0 spiro atoms. The van der Waals surface area contributed by atoms with E-state index in [1.54, 1.807) is 6.07 Å². The maximum Gasteiger partial charge on any atom is 0.273 e. The summed E-state index contributed by atoms with van der Waals surface area (Å²) in [5.74, 6) is 0. The molecule has 3 N–H and O–H groups in total. The molecule has 1 heterocycles. The first-order valence-corrected chi connectivity index (χ1v) is 6.60. The molecule has 1 unspecified atom stereocenters. The van der Waals surface area contributed by atoms with Gasteiger partial charge in [0.05, 0.1) is 11.5 Å². The van der Waals surface area contributed by atoms with Crippen LogP contribution < -0.4 is 10.6 Å². The van der Waals surface area contributed by atoms with E-state index in [4.69, 9.17) is 4.74 Å². The van der Waals surface area contributed by atoms with Gasteiger partial charge in [-0.05, 0) is 13.0 Å². The molecule has 0 aliphatic carbocycles. The highest BCUT2D eigenvalue weighted by molar-refractivity contribution is 5.63. The van der Waals surface area contributed by atoms with Gasteiger partial charge in [-0.2, -0.15) is 0 Å². The number of benzene rings is 1. The van der Waals surface area contributed by atoms with Crippen LogP contribution in [0.4, 0.5) is 17.1 Å². The molecule has 110 valence electrons. The van der Waals surface area contributed by atoms with E-state index < -0.39 is 10.5 Å². The summed E-state index contributed by atoms with van der Waals surface area (Å²) in [6, 6.07) is 4.73. The third kappa shape index (κ3) is 3.58. The average molecular weight is 281 g/mol. The summed E-state index contributed by atoms with van der Waals surface area (Å²) in [6.45, 7) is 3.73. The molecule has 0 bridgehead atoms. The summed E-state index contributed by atoms with van der Waals surface area (Å²) >= 11 is 0. The van der Waals surface area contributed by atoms with E-state index in [0.717, 1.165) is 0 Å². The number of rotatable bonds is 6. The normalized spacial score (nSPS) is 21.7. The number of aliphatic hydroxyl groups is 1. The molecule has 7 heteroatoms. The van der Waals surface area contributed by atoms with Crippen LogP contribution in [0.5, 0.6) is 0 Å². The quantitative estimate of drug-likeness (QED) is 0.541. The lowest BCUT2D eigenvalue weighted by Gasteiger charge is -2.21. The largest absolute Gasteiger partial charge is 0.386 e. The summed E-state index contributed by atoms with van der Waals surface area (Å²) < 4.78 is 5.16. The van der Waals surface area contributed by atoms with Gasteiger partial charge in [0.1, 0.15) is 5.60 Å². The van der Waals surface area contributed by atoms with Gasteiger partial charge in [0, 0.05) is 49.6 Å². The Morgan fingerprint density at radius 1 is 1.40 bits per heavy atom. The molecule has 0 radical (unpaired) electrons. The van der Waals surface area contributed by atoms with E-state index in [9.17, 15) is 15.2 Å². The lowest BCUT2D eigenvalue weighted by Crippen LogP contribution is -2.37. The molecule has 0 saturated carbocycles. The molecule has 1 aliphatic rings. The van der Waals surface area contributed by atoms with Gasteiger partial charge >= 0.3 is 0 Å². The Labute approximate surface area is 117 Å². The minimum atomic E-state index is -0.900. The molecule has 7 nitrogen and oxygen atoms in total. The van der Waals surface area contributed by atoms with Crippen molar-refractivity contribution in [3.8, 4) is 0 Å². The van der Waals surface area contributed by atoms with Crippen molar-refractivity contribution in [2.45, 2.75) is 18.9 Å². The minimum absolute atomic E-state index is 0.0145. The number of anilines is 2. The van der Waals surface area contributed by atoms with Crippen molar-refractivity contribution in [3.05, 3.63) is 28.3 Å². The lowest BCUT2D eigenvalue weighted by molar-refractivity contribution is -0.384. The van der Waals surface area contributed by atoms with Gasteiger partial charge < -0.3 is 20.5 Å². The standard InChI is InChI=1S/C13H19N3O4/c1-2-14-10-5-11(7-12(6-10)16(18)19)15-8-13(17)3-4-20-9-13/h5-7,14-15,17H,2-4,8-9H2,1H3. The van der Waals surface area contributed by atoms with E-state index in [2.05, 4.69) is 10.6 Å². The number of nitro benzene ring substituents is 1. The molecule has 1 fully saturated rings. The van der Waals surface area contributed by atoms with Crippen LogP contribution in [0.25, 0.3) is 0 Å². The highest BCUT2D eigenvalue weighted by Crippen LogP contribution is 2.26. The lowest BCUT2D eigenvalue weighted by atomic mass is 10.0. The van der Waals surface area contributed by atoms with Crippen LogP contribution in [0, 0.1) is 10.1 Å². The molecular formula is C13H19N3O4. The topological polar surface area (TPSA) is 96.7 Å². The second-order valence-electron chi connectivity index (χ2n) is 4.94. The number of hydrogen-bond donors (Lipinski definition) is 3. The number of nitrogens with one attached hydrogen (secondary N) is 2. The molecular weight excluding hydrogens is 262 g/mol. The predicted octanol–water partition coefficient (Wildman–Crippen LogP) is 1.59. The maximum absolute atomic E-state index is 10.9. The third-order valence-corrected chi connectivity index (χ3v) is 3.21. The second-order valence-corrected chi connectivity index (χ2v) is 4.94.